The van der Waals surface area contributed by atoms with Gasteiger partial charge in [0.1, 0.15) is 18.1 Å². The van der Waals surface area contributed by atoms with Crippen molar-refractivity contribution in [1.29, 1.82) is 0 Å². The summed E-state index contributed by atoms with van der Waals surface area (Å²) in [6.45, 7) is 4.65. The maximum atomic E-state index is 12.8. The van der Waals surface area contributed by atoms with E-state index in [9.17, 15) is 4.79 Å². The molecule has 0 spiro atoms. The summed E-state index contributed by atoms with van der Waals surface area (Å²) in [5, 5.41) is 3.57. The first kappa shape index (κ1) is 20.7. The van der Waals surface area contributed by atoms with E-state index in [4.69, 9.17) is 21.1 Å². The molecule has 4 nitrogen and oxygen atoms in total. The van der Waals surface area contributed by atoms with Crippen LogP contribution in [-0.4, -0.2) is 12.5 Å². The topological polar surface area (TPSA) is 47.6 Å². The van der Waals surface area contributed by atoms with Crippen LogP contribution in [0.3, 0.4) is 0 Å². The van der Waals surface area contributed by atoms with E-state index in [2.05, 4.69) is 5.32 Å². The van der Waals surface area contributed by atoms with Crippen molar-refractivity contribution < 1.29 is 14.3 Å². The van der Waals surface area contributed by atoms with E-state index in [0.29, 0.717) is 28.7 Å². The number of hydrogen-bond donors (Lipinski definition) is 1. The average molecular weight is 410 g/mol. The molecule has 0 fully saturated rings. The van der Waals surface area contributed by atoms with Crippen molar-refractivity contribution >= 4 is 17.5 Å². The third kappa shape index (κ3) is 5.52. The number of nitrogens with one attached hydrogen (secondary N) is 1. The quantitative estimate of drug-likeness (QED) is 0.510. The van der Waals surface area contributed by atoms with Crippen LogP contribution in [0, 0.1) is 0 Å². The van der Waals surface area contributed by atoms with E-state index < -0.39 is 0 Å². The predicted octanol–water partition coefficient (Wildman–Crippen LogP) is 5.81. The van der Waals surface area contributed by atoms with E-state index in [-0.39, 0.29) is 18.6 Å². The lowest BCUT2D eigenvalue weighted by molar-refractivity contribution is 0.0939. The molecule has 29 heavy (non-hydrogen) atoms. The summed E-state index contributed by atoms with van der Waals surface area (Å²) in [6.07, 6.45) is 0. The molecule has 1 N–H and O–H groups in total. The van der Waals surface area contributed by atoms with Crippen LogP contribution >= 0.6 is 11.6 Å². The van der Waals surface area contributed by atoms with Crippen molar-refractivity contribution in [2.45, 2.75) is 26.5 Å². The first-order valence-corrected chi connectivity index (χ1v) is 9.95. The van der Waals surface area contributed by atoms with Crippen LogP contribution in [0.2, 0.25) is 5.02 Å². The Hall–Kier alpha value is -2.98. The van der Waals surface area contributed by atoms with Gasteiger partial charge in [0, 0.05) is 11.1 Å². The van der Waals surface area contributed by atoms with Gasteiger partial charge in [0.15, 0.2) is 0 Å². The lowest BCUT2D eigenvalue weighted by Crippen LogP contribution is -2.26. The van der Waals surface area contributed by atoms with Crippen molar-refractivity contribution in [3.63, 3.8) is 0 Å². The van der Waals surface area contributed by atoms with E-state index >= 15 is 0 Å². The largest absolute Gasteiger partial charge is 0.493 e. The molecule has 150 valence electrons. The van der Waals surface area contributed by atoms with Crippen LogP contribution in [0.4, 0.5) is 0 Å². The fraction of sp³-hybridized carbons (Fsp3) is 0.208. The maximum Gasteiger partial charge on any atom is 0.251 e. The van der Waals surface area contributed by atoms with Gasteiger partial charge in [-0.3, -0.25) is 4.79 Å². The number of carbonyl (C=O) groups is 1. The SMILES string of the molecule is CCOc1ccc(C(=O)N[C@H](C)c2ccccc2)cc1COc1ccccc1Cl. The number of carbonyl (C=O) groups excluding carboxylic acids is 1. The van der Waals surface area contributed by atoms with Crippen LogP contribution in [0.1, 0.15) is 41.4 Å². The van der Waals surface area contributed by atoms with E-state index in [0.717, 1.165) is 11.1 Å². The van der Waals surface area contributed by atoms with Crippen molar-refractivity contribution in [3.05, 3.63) is 94.5 Å². The Morgan fingerprint density at radius 2 is 1.69 bits per heavy atom. The molecule has 0 aromatic heterocycles. The van der Waals surface area contributed by atoms with Crippen LogP contribution in [0.25, 0.3) is 0 Å². The molecule has 0 heterocycles. The first-order valence-electron chi connectivity index (χ1n) is 9.57. The van der Waals surface area contributed by atoms with Crippen molar-refractivity contribution in [1.82, 2.24) is 5.32 Å². The lowest BCUT2D eigenvalue weighted by Gasteiger charge is -2.16. The van der Waals surface area contributed by atoms with Gasteiger partial charge >= 0.3 is 0 Å². The average Bonchev–Trinajstić information content (AvgIpc) is 2.74. The highest BCUT2D eigenvalue weighted by molar-refractivity contribution is 6.32. The van der Waals surface area contributed by atoms with Crippen molar-refractivity contribution in [3.8, 4) is 11.5 Å². The second-order valence-electron chi connectivity index (χ2n) is 6.58. The molecule has 3 rings (SSSR count). The summed E-state index contributed by atoms with van der Waals surface area (Å²) in [5.74, 6) is 1.12. The minimum Gasteiger partial charge on any atom is -0.493 e. The number of para-hydroxylation sites is 1. The van der Waals surface area contributed by atoms with Gasteiger partial charge in [0.2, 0.25) is 0 Å². The highest BCUT2D eigenvalue weighted by atomic mass is 35.5. The third-order valence-corrected chi connectivity index (χ3v) is 4.80. The second kappa shape index (κ2) is 9.99. The summed E-state index contributed by atoms with van der Waals surface area (Å²) >= 11 is 6.17. The molecule has 0 aliphatic rings. The number of amides is 1. The van der Waals surface area contributed by atoms with Crippen LogP contribution in [0.5, 0.6) is 11.5 Å². The van der Waals surface area contributed by atoms with Gasteiger partial charge in [-0.1, -0.05) is 54.1 Å². The number of rotatable bonds is 8. The molecule has 0 radical (unpaired) electrons. The molecule has 3 aromatic rings. The molecule has 3 aromatic carbocycles. The van der Waals surface area contributed by atoms with Gasteiger partial charge < -0.3 is 14.8 Å². The fourth-order valence-corrected chi connectivity index (χ4v) is 3.14. The number of ether oxygens (including phenoxy) is 2. The molecule has 1 atom stereocenters. The zero-order valence-electron chi connectivity index (χ0n) is 16.5. The van der Waals surface area contributed by atoms with Gasteiger partial charge in [0.25, 0.3) is 5.91 Å². The number of benzene rings is 3. The molecule has 0 bridgehead atoms. The van der Waals surface area contributed by atoms with Gasteiger partial charge in [-0.15, -0.1) is 0 Å². The molecule has 5 heteroatoms. The van der Waals surface area contributed by atoms with E-state index in [1.165, 1.54) is 0 Å². The Bertz CT molecular complexity index is 959. The van der Waals surface area contributed by atoms with Crippen LogP contribution in [-0.2, 0) is 6.61 Å². The smallest absolute Gasteiger partial charge is 0.251 e. The molecule has 0 unspecified atom stereocenters. The van der Waals surface area contributed by atoms with Gasteiger partial charge in [-0.05, 0) is 49.7 Å². The van der Waals surface area contributed by atoms with E-state index in [1.54, 1.807) is 30.3 Å². The molecular formula is C24H24ClNO3. The van der Waals surface area contributed by atoms with Crippen molar-refractivity contribution in [2.24, 2.45) is 0 Å². The van der Waals surface area contributed by atoms with Crippen molar-refractivity contribution in [2.75, 3.05) is 6.61 Å². The monoisotopic (exact) mass is 409 g/mol. The van der Waals surface area contributed by atoms with Gasteiger partial charge in [-0.2, -0.15) is 0 Å². The standard InChI is InChI=1S/C24H24ClNO3/c1-3-28-22-14-13-19(24(27)26-17(2)18-9-5-4-6-10-18)15-20(22)16-29-23-12-8-7-11-21(23)25/h4-15,17H,3,16H2,1-2H3,(H,26,27)/t17-/m1/s1. The summed E-state index contributed by atoms with van der Waals surface area (Å²) < 4.78 is 11.5. The minimum atomic E-state index is -0.150. The Morgan fingerprint density at radius 3 is 2.41 bits per heavy atom. The highest BCUT2D eigenvalue weighted by Crippen LogP contribution is 2.27. The zero-order chi connectivity index (χ0) is 20.6. The number of hydrogen-bond acceptors (Lipinski definition) is 3. The third-order valence-electron chi connectivity index (χ3n) is 4.49. The Morgan fingerprint density at radius 1 is 0.966 bits per heavy atom. The fourth-order valence-electron chi connectivity index (χ4n) is 2.95. The lowest BCUT2D eigenvalue weighted by atomic mass is 10.1. The Kier molecular flexibility index (Phi) is 7.14. The van der Waals surface area contributed by atoms with E-state index in [1.807, 2.05) is 56.3 Å². The Balaban J connectivity index is 1.76. The first-order chi connectivity index (χ1) is 14.1. The highest BCUT2D eigenvalue weighted by Gasteiger charge is 2.14. The molecular weight excluding hydrogens is 386 g/mol. The predicted molar refractivity (Wildman–Crippen MR) is 116 cm³/mol. The zero-order valence-corrected chi connectivity index (χ0v) is 17.3. The van der Waals surface area contributed by atoms with Gasteiger partial charge in [-0.25, -0.2) is 0 Å². The molecule has 0 saturated heterocycles. The summed E-state index contributed by atoms with van der Waals surface area (Å²) in [6, 6.07) is 22.4. The normalized spacial score (nSPS) is 11.6. The number of halogens is 1. The summed E-state index contributed by atoms with van der Waals surface area (Å²) in [7, 11) is 0. The Labute approximate surface area is 176 Å². The minimum absolute atomic E-state index is 0.0990. The van der Waals surface area contributed by atoms with Crippen LogP contribution < -0.4 is 14.8 Å². The molecule has 0 saturated carbocycles. The summed E-state index contributed by atoms with van der Waals surface area (Å²) in [5.41, 5.74) is 2.38. The molecule has 1 amide bonds. The second-order valence-corrected chi connectivity index (χ2v) is 6.99. The molecule has 0 aliphatic heterocycles. The van der Waals surface area contributed by atoms with Crippen LogP contribution in [0.15, 0.2) is 72.8 Å². The molecule has 0 aliphatic carbocycles. The van der Waals surface area contributed by atoms with Gasteiger partial charge in [0.05, 0.1) is 17.7 Å². The maximum absolute atomic E-state index is 12.8. The summed E-state index contributed by atoms with van der Waals surface area (Å²) in [4.78, 5) is 12.8.